The molecule has 0 saturated heterocycles. The van der Waals surface area contributed by atoms with Crippen molar-refractivity contribution in [3.8, 4) is 11.5 Å². The number of nitrogens with zero attached hydrogens (tertiary/aromatic N) is 1. The zero-order valence-corrected chi connectivity index (χ0v) is 8.19. The molecule has 0 aliphatic heterocycles. The van der Waals surface area contributed by atoms with E-state index in [1.807, 2.05) is 6.92 Å². The molecule has 4 nitrogen and oxygen atoms in total. The van der Waals surface area contributed by atoms with Crippen molar-refractivity contribution in [2.75, 3.05) is 7.11 Å². The number of phenols is 1. The van der Waals surface area contributed by atoms with Crippen molar-refractivity contribution in [1.29, 1.82) is 0 Å². The monoisotopic (exact) mass is 195 g/mol. The highest BCUT2D eigenvalue weighted by atomic mass is 16.5. The maximum absolute atomic E-state index is 9.33. The van der Waals surface area contributed by atoms with Gasteiger partial charge in [0.25, 0.3) is 0 Å². The lowest BCUT2D eigenvalue weighted by Gasteiger charge is -2.06. The van der Waals surface area contributed by atoms with E-state index < -0.39 is 0 Å². The second kappa shape index (κ2) is 4.50. The molecule has 14 heavy (non-hydrogen) atoms. The molecule has 0 atom stereocenters. The third-order valence-electron chi connectivity index (χ3n) is 1.97. The molecular formula is C10H13NO3. The number of phenolic OH excluding ortho intramolecular Hbond substituents is 1. The molecule has 0 aliphatic rings. The highest BCUT2D eigenvalue weighted by Crippen LogP contribution is 2.26. The standard InChI is InChI=1S/C10H13NO3/c1-3-8(11-13)7-4-5-9(12)10(6-7)14-2/h4-6,12-13H,3H2,1-2H3/b11-8+. The van der Waals surface area contributed by atoms with Crippen LogP contribution < -0.4 is 4.74 Å². The van der Waals surface area contributed by atoms with E-state index >= 15 is 0 Å². The normalized spacial score (nSPS) is 11.4. The topological polar surface area (TPSA) is 62.1 Å². The minimum absolute atomic E-state index is 0.0737. The first-order valence-corrected chi connectivity index (χ1v) is 4.31. The van der Waals surface area contributed by atoms with E-state index in [9.17, 15) is 5.11 Å². The summed E-state index contributed by atoms with van der Waals surface area (Å²) < 4.78 is 4.94. The van der Waals surface area contributed by atoms with Crippen molar-refractivity contribution in [2.24, 2.45) is 5.16 Å². The Morgan fingerprint density at radius 2 is 2.21 bits per heavy atom. The predicted octanol–water partition coefficient (Wildman–Crippen LogP) is 1.99. The highest BCUT2D eigenvalue weighted by Gasteiger charge is 2.06. The lowest BCUT2D eigenvalue weighted by molar-refractivity contribution is 0.318. The third kappa shape index (κ3) is 1.96. The van der Waals surface area contributed by atoms with Gasteiger partial charge in [-0.15, -0.1) is 0 Å². The van der Waals surface area contributed by atoms with E-state index in [4.69, 9.17) is 9.94 Å². The smallest absolute Gasteiger partial charge is 0.161 e. The Labute approximate surface area is 82.4 Å². The van der Waals surface area contributed by atoms with Gasteiger partial charge >= 0.3 is 0 Å². The van der Waals surface area contributed by atoms with Crippen LogP contribution in [0.1, 0.15) is 18.9 Å². The van der Waals surface area contributed by atoms with Gasteiger partial charge in [-0.05, 0) is 24.6 Å². The van der Waals surface area contributed by atoms with Crippen LogP contribution in [0.4, 0.5) is 0 Å². The lowest BCUT2D eigenvalue weighted by atomic mass is 10.1. The number of rotatable bonds is 3. The van der Waals surface area contributed by atoms with E-state index in [1.54, 1.807) is 12.1 Å². The molecule has 0 saturated carbocycles. The van der Waals surface area contributed by atoms with Gasteiger partial charge in [0, 0.05) is 5.56 Å². The summed E-state index contributed by atoms with van der Waals surface area (Å²) in [6.45, 7) is 1.88. The molecule has 0 unspecified atom stereocenters. The molecule has 4 heteroatoms. The fourth-order valence-corrected chi connectivity index (χ4v) is 1.19. The summed E-state index contributed by atoms with van der Waals surface area (Å²) in [6, 6.07) is 4.82. The van der Waals surface area contributed by atoms with E-state index in [0.29, 0.717) is 17.9 Å². The average molecular weight is 195 g/mol. The molecule has 0 bridgehead atoms. The number of hydrogen-bond acceptors (Lipinski definition) is 4. The van der Waals surface area contributed by atoms with Crippen molar-refractivity contribution in [1.82, 2.24) is 0 Å². The van der Waals surface area contributed by atoms with Gasteiger partial charge in [0.2, 0.25) is 0 Å². The first kappa shape index (κ1) is 10.4. The van der Waals surface area contributed by atoms with Gasteiger partial charge in [-0.25, -0.2) is 0 Å². The number of ether oxygens (including phenoxy) is 1. The molecule has 0 radical (unpaired) electrons. The fraction of sp³-hybridized carbons (Fsp3) is 0.300. The Balaban J connectivity index is 3.12. The lowest BCUT2D eigenvalue weighted by Crippen LogP contribution is -1.99. The number of benzene rings is 1. The summed E-state index contributed by atoms with van der Waals surface area (Å²) in [4.78, 5) is 0. The molecule has 1 rings (SSSR count). The summed E-state index contributed by atoms with van der Waals surface area (Å²) in [6.07, 6.45) is 0.616. The Hall–Kier alpha value is -1.71. The Morgan fingerprint density at radius 1 is 1.50 bits per heavy atom. The quantitative estimate of drug-likeness (QED) is 0.440. The SMILES string of the molecule is CC/C(=N\O)c1ccc(O)c(OC)c1. The van der Waals surface area contributed by atoms with Crippen LogP contribution in [0, 0.1) is 0 Å². The number of methoxy groups -OCH3 is 1. The first-order valence-electron chi connectivity index (χ1n) is 4.31. The zero-order valence-electron chi connectivity index (χ0n) is 8.19. The van der Waals surface area contributed by atoms with Gasteiger partial charge in [-0.3, -0.25) is 0 Å². The van der Waals surface area contributed by atoms with Crippen molar-refractivity contribution in [3.05, 3.63) is 23.8 Å². The second-order valence-corrected chi connectivity index (χ2v) is 2.79. The molecule has 0 fully saturated rings. The van der Waals surface area contributed by atoms with Crippen LogP contribution in [0.3, 0.4) is 0 Å². The van der Waals surface area contributed by atoms with Crippen molar-refractivity contribution in [3.63, 3.8) is 0 Å². The third-order valence-corrected chi connectivity index (χ3v) is 1.97. The molecule has 0 aliphatic carbocycles. The molecule has 1 aromatic rings. The minimum Gasteiger partial charge on any atom is -0.504 e. The fourth-order valence-electron chi connectivity index (χ4n) is 1.19. The van der Waals surface area contributed by atoms with Gasteiger partial charge in [-0.1, -0.05) is 12.1 Å². The highest BCUT2D eigenvalue weighted by molar-refractivity contribution is 6.00. The van der Waals surface area contributed by atoms with E-state index in [1.165, 1.54) is 13.2 Å². The molecule has 0 amide bonds. The Morgan fingerprint density at radius 3 is 2.71 bits per heavy atom. The van der Waals surface area contributed by atoms with Crippen molar-refractivity contribution >= 4 is 5.71 Å². The summed E-state index contributed by atoms with van der Waals surface area (Å²) in [5, 5.41) is 21.2. The first-order chi connectivity index (χ1) is 6.72. The Bertz CT molecular complexity index is 347. The van der Waals surface area contributed by atoms with Crippen LogP contribution >= 0.6 is 0 Å². The van der Waals surface area contributed by atoms with E-state index in [0.717, 1.165) is 5.56 Å². The van der Waals surface area contributed by atoms with Gasteiger partial charge < -0.3 is 15.1 Å². The van der Waals surface area contributed by atoms with Crippen LogP contribution in [0.15, 0.2) is 23.4 Å². The molecule has 0 spiro atoms. The van der Waals surface area contributed by atoms with Crippen LogP contribution in [-0.2, 0) is 0 Å². The molecule has 0 heterocycles. The maximum atomic E-state index is 9.33. The number of aromatic hydroxyl groups is 1. The second-order valence-electron chi connectivity index (χ2n) is 2.79. The zero-order chi connectivity index (χ0) is 10.6. The molecule has 2 N–H and O–H groups in total. The summed E-state index contributed by atoms with van der Waals surface area (Å²) >= 11 is 0. The summed E-state index contributed by atoms with van der Waals surface area (Å²) in [5.74, 6) is 0.446. The summed E-state index contributed by atoms with van der Waals surface area (Å²) in [5.41, 5.74) is 1.30. The molecule has 76 valence electrons. The van der Waals surface area contributed by atoms with Gasteiger partial charge in [0.15, 0.2) is 11.5 Å². The van der Waals surface area contributed by atoms with Crippen molar-refractivity contribution < 1.29 is 15.1 Å². The van der Waals surface area contributed by atoms with Gasteiger partial charge in [-0.2, -0.15) is 0 Å². The van der Waals surface area contributed by atoms with Gasteiger partial charge in [0.05, 0.1) is 12.8 Å². The number of hydrogen-bond donors (Lipinski definition) is 2. The van der Waals surface area contributed by atoms with Gasteiger partial charge in [0.1, 0.15) is 0 Å². The average Bonchev–Trinajstić information content (AvgIpc) is 2.22. The predicted molar refractivity (Wildman–Crippen MR) is 53.3 cm³/mol. The molecule has 0 aromatic heterocycles. The van der Waals surface area contributed by atoms with Crippen LogP contribution in [-0.4, -0.2) is 23.1 Å². The van der Waals surface area contributed by atoms with Crippen LogP contribution in [0.25, 0.3) is 0 Å². The van der Waals surface area contributed by atoms with E-state index in [-0.39, 0.29) is 5.75 Å². The summed E-state index contributed by atoms with van der Waals surface area (Å²) in [7, 11) is 1.47. The molecule has 1 aromatic carbocycles. The maximum Gasteiger partial charge on any atom is 0.161 e. The van der Waals surface area contributed by atoms with Crippen molar-refractivity contribution in [2.45, 2.75) is 13.3 Å². The number of oxime groups is 1. The minimum atomic E-state index is 0.0737. The molecular weight excluding hydrogens is 182 g/mol. The van der Waals surface area contributed by atoms with Crippen LogP contribution in [0.5, 0.6) is 11.5 Å². The largest absolute Gasteiger partial charge is 0.504 e. The van der Waals surface area contributed by atoms with E-state index in [2.05, 4.69) is 5.16 Å². The Kier molecular flexibility index (Phi) is 3.34. The van der Waals surface area contributed by atoms with Crippen LogP contribution in [0.2, 0.25) is 0 Å².